The van der Waals surface area contributed by atoms with Crippen LogP contribution in [0, 0.1) is 12.8 Å². The Hall–Kier alpha value is -2.58. The van der Waals surface area contributed by atoms with Crippen molar-refractivity contribution >= 4 is 34.2 Å². The summed E-state index contributed by atoms with van der Waals surface area (Å²) >= 11 is 1.49. The largest absolute Gasteiger partial charge is 0.298 e. The van der Waals surface area contributed by atoms with E-state index in [1.165, 1.54) is 35.1 Å². The molecule has 0 spiro atoms. The molecule has 3 heterocycles. The Kier molecular flexibility index (Phi) is 5.94. The first-order valence-corrected chi connectivity index (χ1v) is 11.6. The number of carbonyl (C=O) groups is 3. The van der Waals surface area contributed by atoms with Gasteiger partial charge in [-0.3, -0.25) is 29.5 Å². The van der Waals surface area contributed by atoms with Crippen LogP contribution in [0.2, 0.25) is 0 Å². The lowest BCUT2D eigenvalue weighted by Crippen LogP contribution is -2.35. The van der Waals surface area contributed by atoms with Gasteiger partial charge in [0.25, 0.3) is 17.7 Å². The summed E-state index contributed by atoms with van der Waals surface area (Å²) < 4.78 is 0. The van der Waals surface area contributed by atoms with E-state index in [9.17, 15) is 14.4 Å². The molecule has 164 valence electrons. The van der Waals surface area contributed by atoms with Gasteiger partial charge in [-0.25, -0.2) is 4.98 Å². The van der Waals surface area contributed by atoms with E-state index in [1.54, 1.807) is 26.0 Å². The van der Waals surface area contributed by atoms with E-state index < -0.39 is 0 Å². The van der Waals surface area contributed by atoms with Crippen LogP contribution < -0.4 is 5.32 Å². The van der Waals surface area contributed by atoms with Gasteiger partial charge in [0.2, 0.25) is 0 Å². The Balaban J connectivity index is 1.46. The topological polar surface area (TPSA) is 82.6 Å². The van der Waals surface area contributed by atoms with Gasteiger partial charge in [-0.2, -0.15) is 0 Å². The number of aromatic nitrogens is 1. The lowest BCUT2D eigenvalue weighted by Gasteiger charge is -2.29. The number of likely N-dealkylation sites (tertiary alicyclic amines) is 1. The Bertz CT molecular complexity index is 1040. The summed E-state index contributed by atoms with van der Waals surface area (Å²) in [6, 6.07) is 4.41. The molecule has 0 unspecified atom stereocenters. The van der Waals surface area contributed by atoms with Crippen molar-refractivity contribution in [1.29, 1.82) is 0 Å². The number of amides is 3. The van der Waals surface area contributed by atoms with E-state index in [4.69, 9.17) is 0 Å². The molecule has 1 aromatic heterocycles. The van der Waals surface area contributed by atoms with Crippen LogP contribution in [-0.2, 0) is 6.54 Å². The molecule has 0 saturated carbocycles. The Labute approximate surface area is 186 Å². The van der Waals surface area contributed by atoms with Crippen LogP contribution in [-0.4, -0.2) is 51.6 Å². The maximum atomic E-state index is 12.8. The predicted octanol–water partition coefficient (Wildman–Crippen LogP) is 3.94. The van der Waals surface area contributed by atoms with Gasteiger partial charge in [0.15, 0.2) is 5.13 Å². The highest BCUT2D eigenvalue weighted by Gasteiger charge is 2.37. The van der Waals surface area contributed by atoms with E-state index in [0.717, 1.165) is 36.1 Å². The predicted molar refractivity (Wildman–Crippen MR) is 121 cm³/mol. The highest BCUT2D eigenvalue weighted by atomic mass is 32.1. The number of hydrogen-bond donors (Lipinski definition) is 1. The fraction of sp³-hybridized carbons (Fsp3) is 0.478. The minimum atomic E-state index is -0.354. The maximum absolute atomic E-state index is 12.8. The average molecular weight is 441 g/mol. The molecule has 0 radical (unpaired) electrons. The number of aryl methyl sites for hydroxylation is 1. The molecule has 1 fully saturated rings. The molecule has 0 atom stereocenters. The quantitative estimate of drug-likeness (QED) is 0.712. The number of nitrogens with zero attached hydrogens (tertiary/aromatic N) is 3. The van der Waals surface area contributed by atoms with Crippen LogP contribution in [0.4, 0.5) is 5.13 Å². The van der Waals surface area contributed by atoms with Crippen molar-refractivity contribution in [3.63, 3.8) is 0 Å². The van der Waals surface area contributed by atoms with E-state index in [0.29, 0.717) is 16.3 Å². The number of nitrogens with one attached hydrogen (secondary N) is 1. The third-order valence-corrected chi connectivity index (χ3v) is 7.11. The maximum Gasteiger partial charge on any atom is 0.261 e. The lowest BCUT2D eigenvalue weighted by molar-refractivity contribution is 0.0609. The third-order valence-electron chi connectivity index (χ3n) is 6.05. The van der Waals surface area contributed by atoms with Gasteiger partial charge in [-0.05, 0) is 70.8 Å². The summed E-state index contributed by atoms with van der Waals surface area (Å²) in [7, 11) is 0. The van der Waals surface area contributed by atoms with Crippen molar-refractivity contribution < 1.29 is 14.4 Å². The average Bonchev–Trinajstić information content (AvgIpc) is 3.19. The van der Waals surface area contributed by atoms with Gasteiger partial charge in [0.05, 0.1) is 16.8 Å². The normalized spacial score (nSPS) is 17.5. The Morgan fingerprint density at radius 1 is 1.19 bits per heavy atom. The minimum absolute atomic E-state index is 0.232. The molecule has 2 aromatic rings. The first-order chi connectivity index (χ1) is 14.7. The number of carbonyl (C=O) groups excluding carboxylic acids is 3. The number of rotatable bonds is 5. The number of piperidine rings is 1. The SMILES string of the molecule is Cc1nc(NC(=O)c2ccc3c(c2)C(=O)N(C(C)C)C3=O)sc1CN1CCC(C)CC1. The fourth-order valence-corrected chi connectivity index (χ4v) is 5.09. The number of imide groups is 1. The summed E-state index contributed by atoms with van der Waals surface area (Å²) in [5.74, 6) is -0.212. The molecule has 7 nitrogen and oxygen atoms in total. The fourth-order valence-electron chi connectivity index (χ4n) is 4.09. The van der Waals surface area contributed by atoms with Crippen molar-refractivity contribution in [1.82, 2.24) is 14.8 Å². The second kappa shape index (κ2) is 8.51. The highest BCUT2D eigenvalue weighted by molar-refractivity contribution is 7.15. The zero-order valence-corrected chi connectivity index (χ0v) is 19.2. The van der Waals surface area contributed by atoms with Crippen molar-refractivity contribution in [2.45, 2.75) is 53.1 Å². The van der Waals surface area contributed by atoms with Crippen LogP contribution in [0.25, 0.3) is 0 Å². The first-order valence-electron chi connectivity index (χ1n) is 10.8. The summed E-state index contributed by atoms with van der Waals surface area (Å²) in [6.45, 7) is 10.9. The summed E-state index contributed by atoms with van der Waals surface area (Å²) in [5, 5.41) is 3.41. The number of anilines is 1. The smallest absolute Gasteiger partial charge is 0.261 e. The number of thiazole rings is 1. The van der Waals surface area contributed by atoms with Gasteiger partial charge in [-0.15, -0.1) is 11.3 Å². The Morgan fingerprint density at radius 3 is 2.55 bits per heavy atom. The van der Waals surface area contributed by atoms with Crippen molar-refractivity contribution in [2.75, 3.05) is 18.4 Å². The van der Waals surface area contributed by atoms with Gasteiger partial charge in [0.1, 0.15) is 0 Å². The second-order valence-corrected chi connectivity index (χ2v) is 9.86. The molecule has 1 N–H and O–H groups in total. The molecule has 4 rings (SSSR count). The zero-order chi connectivity index (χ0) is 22.3. The number of benzene rings is 1. The highest BCUT2D eigenvalue weighted by Crippen LogP contribution is 2.28. The van der Waals surface area contributed by atoms with Gasteiger partial charge < -0.3 is 0 Å². The lowest BCUT2D eigenvalue weighted by atomic mass is 9.99. The van der Waals surface area contributed by atoms with Crippen molar-refractivity contribution in [3.8, 4) is 0 Å². The number of hydrogen-bond acceptors (Lipinski definition) is 6. The van der Waals surface area contributed by atoms with Crippen LogP contribution in [0.15, 0.2) is 18.2 Å². The third kappa shape index (κ3) is 4.27. The van der Waals surface area contributed by atoms with Gasteiger partial charge in [0, 0.05) is 23.0 Å². The van der Waals surface area contributed by atoms with Gasteiger partial charge in [-0.1, -0.05) is 6.92 Å². The van der Waals surface area contributed by atoms with Gasteiger partial charge >= 0.3 is 0 Å². The summed E-state index contributed by atoms with van der Waals surface area (Å²) in [6.07, 6.45) is 2.43. The standard InChI is InChI=1S/C23H28N4O3S/c1-13(2)27-21(29)17-6-5-16(11-18(17)22(27)30)20(28)25-23-24-15(4)19(31-23)12-26-9-7-14(3)8-10-26/h5-6,11,13-14H,7-10,12H2,1-4H3,(H,24,25,28). The second-order valence-electron chi connectivity index (χ2n) is 8.77. The molecule has 0 aliphatic carbocycles. The molecular weight excluding hydrogens is 412 g/mol. The minimum Gasteiger partial charge on any atom is -0.298 e. The monoisotopic (exact) mass is 440 g/mol. The van der Waals surface area contributed by atoms with E-state index in [2.05, 4.69) is 22.1 Å². The Morgan fingerprint density at radius 2 is 1.87 bits per heavy atom. The number of fused-ring (bicyclic) bond motifs is 1. The molecule has 2 aliphatic rings. The molecule has 31 heavy (non-hydrogen) atoms. The molecule has 1 aromatic carbocycles. The van der Waals surface area contributed by atoms with Crippen LogP contribution in [0.3, 0.4) is 0 Å². The van der Waals surface area contributed by atoms with E-state index in [-0.39, 0.29) is 29.3 Å². The molecule has 8 heteroatoms. The van der Waals surface area contributed by atoms with Crippen molar-refractivity contribution in [2.24, 2.45) is 5.92 Å². The van der Waals surface area contributed by atoms with Crippen LogP contribution in [0.5, 0.6) is 0 Å². The van der Waals surface area contributed by atoms with Crippen LogP contribution >= 0.6 is 11.3 Å². The van der Waals surface area contributed by atoms with E-state index >= 15 is 0 Å². The molecule has 3 amide bonds. The molecule has 1 saturated heterocycles. The first kappa shape index (κ1) is 21.6. The molecule has 0 bridgehead atoms. The van der Waals surface area contributed by atoms with Crippen LogP contribution in [0.1, 0.15) is 75.3 Å². The zero-order valence-electron chi connectivity index (χ0n) is 18.4. The van der Waals surface area contributed by atoms with Crippen molar-refractivity contribution in [3.05, 3.63) is 45.5 Å². The summed E-state index contributed by atoms with van der Waals surface area (Å²) in [4.78, 5) is 47.2. The summed E-state index contributed by atoms with van der Waals surface area (Å²) in [5.41, 5.74) is 1.89. The molecule has 2 aliphatic heterocycles. The van der Waals surface area contributed by atoms with E-state index in [1.807, 2.05) is 6.92 Å². The molecular formula is C23H28N4O3S.